The molecule has 0 atom stereocenters. The highest BCUT2D eigenvalue weighted by molar-refractivity contribution is 7.98. The van der Waals surface area contributed by atoms with Crippen LogP contribution in [0.25, 0.3) is 0 Å². The van der Waals surface area contributed by atoms with Gasteiger partial charge >= 0.3 is 0 Å². The molecule has 0 fully saturated rings. The van der Waals surface area contributed by atoms with E-state index in [2.05, 4.69) is 42.0 Å². The Morgan fingerprint density at radius 2 is 1.95 bits per heavy atom. The zero-order chi connectivity index (χ0) is 15.1. The predicted octanol–water partition coefficient (Wildman–Crippen LogP) is 3.76. The molecule has 0 aliphatic heterocycles. The van der Waals surface area contributed by atoms with E-state index >= 15 is 0 Å². The van der Waals surface area contributed by atoms with Gasteiger partial charge in [0, 0.05) is 6.42 Å². The second-order valence-electron chi connectivity index (χ2n) is 5.28. The average molecular weight is 303 g/mol. The van der Waals surface area contributed by atoms with E-state index in [1.54, 1.807) is 0 Å². The van der Waals surface area contributed by atoms with Gasteiger partial charge in [-0.2, -0.15) is 11.8 Å². The topological polar surface area (TPSA) is 43.8 Å². The molecule has 4 heteroatoms. The highest BCUT2D eigenvalue weighted by Crippen LogP contribution is 2.20. The minimum absolute atomic E-state index is 0.817. The fourth-order valence-corrected chi connectivity index (χ4v) is 2.93. The molecule has 0 aliphatic carbocycles. The minimum Gasteiger partial charge on any atom is -0.384 e. The first-order chi connectivity index (χ1) is 10.3. The number of anilines is 1. The lowest BCUT2D eigenvalue weighted by atomic mass is 10.2. The first-order valence-electron chi connectivity index (χ1n) is 7.62. The van der Waals surface area contributed by atoms with Gasteiger partial charge in [0.15, 0.2) is 0 Å². The summed E-state index contributed by atoms with van der Waals surface area (Å²) in [6.07, 6.45) is 6.33. The average Bonchev–Trinajstić information content (AvgIpc) is 2.78. The minimum atomic E-state index is 0.817. The summed E-state index contributed by atoms with van der Waals surface area (Å²) in [5.41, 5.74) is 8.70. The molecule has 2 rings (SSSR count). The van der Waals surface area contributed by atoms with Crippen molar-refractivity contribution in [3.05, 3.63) is 47.4 Å². The van der Waals surface area contributed by atoms with Gasteiger partial charge in [-0.25, -0.2) is 4.98 Å². The molecular formula is C17H25N3S. The van der Waals surface area contributed by atoms with Crippen molar-refractivity contribution < 1.29 is 0 Å². The third-order valence-electron chi connectivity index (χ3n) is 3.58. The van der Waals surface area contributed by atoms with Crippen LogP contribution in [0.1, 0.15) is 36.8 Å². The van der Waals surface area contributed by atoms with Gasteiger partial charge in [-0.15, -0.1) is 0 Å². The Morgan fingerprint density at radius 1 is 1.19 bits per heavy atom. The van der Waals surface area contributed by atoms with Crippen LogP contribution in [0.2, 0.25) is 0 Å². The highest BCUT2D eigenvalue weighted by atomic mass is 32.2. The van der Waals surface area contributed by atoms with Crippen molar-refractivity contribution in [3.63, 3.8) is 0 Å². The molecule has 0 amide bonds. The molecular weight excluding hydrogens is 278 g/mol. The summed E-state index contributed by atoms with van der Waals surface area (Å²) in [6.45, 7) is 3.00. The smallest absolute Gasteiger partial charge is 0.127 e. The lowest BCUT2D eigenvalue weighted by molar-refractivity contribution is 0.711. The van der Waals surface area contributed by atoms with Crippen LogP contribution < -0.4 is 5.73 Å². The Hall–Kier alpha value is -1.42. The maximum atomic E-state index is 6.36. The van der Waals surface area contributed by atoms with Gasteiger partial charge in [-0.1, -0.05) is 37.3 Å². The number of nitrogens with two attached hydrogens (primary N) is 1. The fourth-order valence-electron chi connectivity index (χ4n) is 2.49. The monoisotopic (exact) mass is 303 g/mol. The Bertz CT molecular complexity index is 549. The Morgan fingerprint density at radius 3 is 2.62 bits per heavy atom. The molecule has 0 spiro atoms. The quantitative estimate of drug-likeness (QED) is 0.755. The molecule has 2 N–H and O–H groups in total. The summed E-state index contributed by atoms with van der Waals surface area (Å²) >= 11 is 1.88. The van der Waals surface area contributed by atoms with E-state index in [-0.39, 0.29) is 0 Å². The van der Waals surface area contributed by atoms with Gasteiger partial charge in [0.05, 0.1) is 12.2 Å². The van der Waals surface area contributed by atoms with Crippen LogP contribution in [0.4, 0.5) is 5.82 Å². The molecule has 0 aliphatic rings. The molecule has 0 saturated carbocycles. The van der Waals surface area contributed by atoms with Gasteiger partial charge in [0.1, 0.15) is 11.6 Å². The summed E-state index contributed by atoms with van der Waals surface area (Å²) < 4.78 is 2.19. The zero-order valence-electron chi connectivity index (χ0n) is 13.0. The number of aryl methyl sites for hydroxylation is 2. The number of nitrogen functional groups attached to an aromatic ring is 1. The molecule has 0 bridgehead atoms. The maximum absolute atomic E-state index is 6.36. The third kappa shape index (κ3) is 4.27. The molecule has 0 unspecified atom stereocenters. The van der Waals surface area contributed by atoms with Crippen molar-refractivity contribution >= 4 is 17.6 Å². The van der Waals surface area contributed by atoms with E-state index in [0.717, 1.165) is 55.3 Å². The molecule has 114 valence electrons. The van der Waals surface area contributed by atoms with Crippen LogP contribution in [0.3, 0.4) is 0 Å². The summed E-state index contributed by atoms with van der Waals surface area (Å²) in [6, 6.07) is 10.5. The van der Waals surface area contributed by atoms with E-state index in [1.165, 1.54) is 5.56 Å². The second-order valence-corrected chi connectivity index (χ2v) is 6.26. The number of nitrogens with zero attached hydrogens (tertiary/aromatic N) is 2. The van der Waals surface area contributed by atoms with Crippen LogP contribution in [-0.4, -0.2) is 21.6 Å². The Kier molecular flexibility index (Phi) is 6.18. The molecule has 1 heterocycles. The number of thioether (sulfide) groups is 1. The number of aromatic nitrogens is 2. The molecule has 1 aromatic heterocycles. The van der Waals surface area contributed by atoms with E-state index < -0.39 is 0 Å². The number of hydrogen-bond donors (Lipinski definition) is 1. The predicted molar refractivity (Wildman–Crippen MR) is 92.9 cm³/mol. The number of imidazole rings is 1. The Labute approximate surface area is 132 Å². The summed E-state index contributed by atoms with van der Waals surface area (Å²) in [4.78, 5) is 4.80. The van der Waals surface area contributed by atoms with Gasteiger partial charge in [0.25, 0.3) is 0 Å². The van der Waals surface area contributed by atoms with Crippen molar-refractivity contribution in [1.29, 1.82) is 0 Å². The van der Waals surface area contributed by atoms with Gasteiger partial charge in [0.2, 0.25) is 0 Å². The standard InChI is InChI=1S/C17H25N3S/c1-3-8-16-19-15(11-7-12-21-2)17(18)20(16)13-14-9-5-4-6-10-14/h4-6,9-10H,3,7-8,11-13,18H2,1-2H3. The van der Waals surface area contributed by atoms with Crippen molar-refractivity contribution in [2.24, 2.45) is 0 Å². The molecule has 21 heavy (non-hydrogen) atoms. The molecule has 0 radical (unpaired) electrons. The van der Waals surface area contributed by atoms with E-state index in [0.29, 0.717) is 0 Å². The van der Waals surface area contributed by atoms with Crippen LogP contribution in [0.5, 0.6) is 0 Å². The summed E-state index contributed by atoms with van der Waals surface area (Å²) in [5, 5.41) is 0. The highest BCUT2D eigenvalue weighted by Gasteiger charge is 2.14. The van der Waals surface area contributed by atoms with Crippen LogP contribution >= 0.6 is 11.8 Å². The molecule has 2 aromatic rings. The van der Waals surface area contributed by atoms with Gasteiger partial charge in [-0.05, 0) is 36.8 Å². The zero-order valence-corrected chi connectivity index (χ0v) is 13.8. The number of benzene rings is 1. The van der Waals surface area contributed by atoms with E-state index in [9.17, 15) is 0 Å². The Balaban J connectivity index is 2.20. The maximum Gasteiger partial charge on any atom is 0.127 e. The largest absolute Gasteiger partial charge is 0.384 e. The summed E-state index contributed by atoms with van der Waals surface area (Å²) in [5.74, 6) is 3.13. The van der Waals surface area contributed by atoms with Crippen molar-refractivity contribution in [3.8, 4) is 0 Å². The van der Waals surface area contributed by atoms with Gasteiger partial charge < -0.3 is 10.3 Å². The van der Waals surface area contributed by atoms with Gasteiger partial charge in [-0.3, -0.25) is 0 Å². The van der Waals surface area contributed by atoms with Crippen LogP contribution in [0, 0.1) is 0 Å². The van der Waals surface area contributed by atoms with E-state index in [1.807, 2.05) is 17.8 Å². The van der Waals surface area contributed by atoms with Crippen molar-refractivity contribution in [2.45, 2.75) is 39.2 Å². The number of hydrogen-bond acceptors (Lipinski definition) is 3. The molecule has 0 saturated heterocycles. The normalized spacial score (nSPS) is 11.0. The molecule has 3 nitrogen and oxygen atoms in total. The van der Waals surface area contributed by atoms with Crippen molar-refractivity contribution in [1.82, 2.24) is 9.55 Å². The van der Waals surface area contributed by atoms with E-state index in [4.69, 9.17) is 10.7 Å². The van der Waals surface area contributed by atoms with Crippen LogP contribution in [-0.2, 0) is 19.4 Å². The first kappa shape index (κ1) is 16.0. The summed E-state index contributed by atoms with van der Waals surface area (Å²) in [7, 11) is 0. The third-order valence-corrected chi connectivity index (χ3v) is 4.28. The lowest BCUT2D eigenvalue weighted by Gasteiger charge is -2.09. The fraction of sp³-hybridized carbons (Fsp3) is 0.471. The van der Waals surface area contributed by atoms with Crippen molar-refractivity contribution in [2.75, 3.05) is 17.7 Å². The molecule has 1 aromatic carbocycles. The first-order valence-corrected chi connectivity index (χ1v) is 9.02. The van der Waals surface area contributed by atoms with Crippen LogP contribution in [0.15, 0.2) is 30.3 Å². The number of rotatable bonds is 8. The lowest BCUT2D eigenvalue weighted by Crippen LogP contribution is -2.08. The SMILES string of the molecule is CCCc1nc(CCCSC)c(N)n1Cc1ccccc1. The second kappa shape index (κ2) is 8.13.